The molecule has 1 aliphatic rings. The molecule has 3 aromatic carbocycles. The van der Waals surface area contributed by atoms with E-state index >= 15 is 0 Å². The summed E-state index contributed by atoms with van der Waals surface area (Å²) in [7, 11) is 0. The van der Waals surface area contributed by atoms with Gasteiger partial charge in [-0.05, 0) is 98.2 Å². The number of thiophene rings is 1. The molecule has 198 valence electrons. The van der Waals surface area contributed by atoms with E-state index in [2.05, 4.69) is 4.90 Å². The van der Waals surface area contributed by atoms with E-state index in [9.17, 15) is 15.0 Å². The number of carbonyl (C=O) groups excluding carboxylic acids is 1. The van der Waals surface area contributed by atoms with Gasteiger partial charge in [0.05, 0.1) is 0 Å². The first-order valence-electron chi connectivity index (χ1n) is 12.6. The van der Waals surface area contributed by atoms with Crippen molar-refractivity contribution in [2.75, 3.05) is 26.2 Å². The number of carbonyl (C=O) groups is 2. The summed E-state index contributed by atoms with van der Waals surface area (Å²) in [4.78, 5) is 25.9. The fraction of sp³-hybridized carbons (Fsp3) is 0.267. The lowest BCUT2D eigenvalue weighted by Gasteiger charge is -2.26. The first kappa shape index (κ1) is 27.2. The third-order valence-electron chi connectivity index (χ3n) is 6.27. The number of piperidine rings is 1. The van der Waals surface area contributed by atoms with Crippen LogP contribution >= 0.6 is 11.3 Å². The molecule has 7 nitrogen and oxygen atoms in total. The number of fused-ring (bicyclic) bond motifs is 1. The molecule has 2 heterocycles. The topological polar surface area (TPSA) is 107 Å². The smallest absolute Gasteiger partial charge is 0.300 e. The molecule has 0 bridgehead atoms. The van der Waals surface area contributed by atoms with Crippen LogP contribution in [-0.2, 0) is 4.79 Å². The largest absolute Gasteiger partial charge is 0.508 e. The first-order valence-corrected chi connectivity index (χ1v) is 13.4. The van der Waals surface area contributed by atoms with Gasteiger partial charge < -0.3 is 20.1 Å². The van der Waals surface area contributed by atoms with Crippen molar-refractivity contribution in [1.82, 2.24) is 4.90 Å². The average Bonchev–Trinajstić information content (AvgIpc) is 3.28. The highest BCUT2D eigenvalue weighted by Gasteiger charge is 2.22. The normalized spacial score (nSPS) is 13.5. The van der Waals surface area contributed by atoms with Gasteiger partial charge in [-0.25, -0.2) is 0 Å². The van der Waals surface area contributed by atoms with Crippen molar-refractivity contribution in [2.24, 2.45) is 0 Å². The number of hydrogen-bond acceptors (Lipinski definition) is 7. The second kappa shape index (κ2) is 12.6. The molecule has 0 aliphatic carbocycles. The predicted octanol–water partition coefficient (Wildman–Crippen LogP) is 6.17. The van der Waals surface area contributed by atoms with Gasteiger partial charge in [-0.1, -0.05) is 6.42 Å². The molecule has 0 atom stereocenters. The third kappa shape index (κ3) is 6.90. The molecular formula is C30H31NO6S. The number of carboxylic acid groups (broad SMARTS) is 1. The monoisotopic (exact) mass is 533 g/mol. The molecular weight excluding hydrogens is 502 g/mol. The Morgan fingerprint density at radius 2 is 1.53 bits per heavy atom. The Morgan fingerprint density at radius 1 is 0.895 bits per heavy atom. The van der Waals surface area contributed by atoms with Crippen molar-refractivity contribution in [3.63, 3.8) is 0 Å². The molecule has 1 fully saturated rings. The van der Waals surface area contributed by atoms with Crippen LogP contribution in [0.15, 0.2) is 66.7 Å². The van der Waals surface area contributed by atoms with Gasteiger partial charge in [0, 0.05) is 39.6 Å². The SMILES string of the molecule is CC(=O)O.O=C(c1ccc(OCCN2CCCCC2)cc1)c1c(-c2ccc(O)cc2)sc2cc(O)ccc12. The van der Waals surface area contributed by atoms with Gasteiger partial charge in [0.2, 0.25) is 0 Å². The number of phenolic OH excluding ortho intramolecular Hbond substituents is 2. The van der Waals surface area contributed by atoms with Crippen LogP contribution < -0.4 is 4.74 Å². The van der Waals surface area contributed by atoms with Crippen molar-refractivity contribution < 1.29 is 29.6 Å². The molecule has 1 aromatic heterocycles. The van der Waals surface area contributed by atoms with Crippen LogP contribution in [-0.4, -0.2) is 58.2 Å². The minimum absolute atomic E-state index is 0.0834. The Balaban J connectivity index is 0.000000786. The lowest BCUT2D eigenvalue weighted by Crippen LogP contribution is -2.33. The summed E-state index contributed by atoms with van der Waals surface area (Å²) >= 11 is 1.46. The third-order valence-corrected chi connectivity index (χ3v) is 7.47. The molecule has 38 heavy (non-hydrogen) atoms. The lowest BCUT2D eigenvalue weighted by molar-refractivity contribution is -0.134. The summed E-state index contributed by atoms with van der Waals surface area (Å²) in [5.41, 5.74) is 2.03. The minimum Gasteiger partial charge on any atom is -0.508 e. The van der Waals surface area contributed by atoms with E-state index in [1.54, 1.807) is 42.5 Å². The zero-order chi connectivity index (χ0) is 27.1. The number of aromatic hydroxyl groups is 2. The molecule has 5 rings (SSSR count). The number of aliphatic carboxylic acids is 1. The predicted molar refractivity (Wildman–Crippen MR) is 150 cm³/mol. The molecule has 4 aromatic rings. The maximum Gasteiger partial charge on any atom is 0.300 e. The number of benzene rings is 3. The van der Waals surface area contributed by atoms with Gasteiger partial charge >= 0.3 is 0 Å². The molecule has 0 spiro atoms. The molecule has 0 saturated carbocycles. The molecule has 0 radical (unpaired) electrons. The summed E-state index contributed by atoms with van der Waals surface area (Å²) in [5.74, 6) is 0.176. The molecule has 1 aliphatic heterocycles. The standard InChI is InChI=1S/C28H27NO4S.C2H4O2/c30-21-8-4-20(5-9-21)28-26(24-13-10-22(31)18-25(24)34-28)27(32)19-6-11-23(12-7-19)33-17-16-29-14-2-1-3-15-29;1-2(3)4/h4-13,18,30-31H,1-3,14-17H2;1H3,(H,3,4). The van der Waals surface area contributed by atoms with Crippen LogP contribution in [0.3, 0.4) is 0 Å². The minimum atomic E-state index is -0.833. The van der Waals surface area contributed by atoms with Crippen LogP contribution in [0.1, 0.15) is 42.1 Å². The number of carboxylic acids is 1. The second-order valence-corrected chi connectivity index (χ2v) is 10.2. The Bertz CT molecular complexity index is 1390. The summed E-state index contributed by atoms with van der Waals surface area (Å²) < 4.78 is 6.76. The quantitative estimate of drug-likeness (QED) is 0.244. The van der Waals surface area contributed by atoms with Crippen molar-refractivity contribution in [1.29, 1.82) is 0 Å². The summed E-state index contributed by atoms with van der Waals surface area (Å²) in [6.07, 6.45) is 3.85. The fourth-order valence-electron chi connectivity index (χ4n) is 4.45. The van der Waals surface area contributed by atoms with E-state index in [1.165, 1.54) is 30.6 Å². The molecule has 0 unspecified atom stereocenters. The molecule has 0 amide bonds. The highest BCUT2D eigenvalue weighted by Crippen LogP contribution is 2.41. The molecule has 3 N–H and O–H groups in total. The van der Waals surface area contributed by atoms with E-state index < -0.39 is 5.97 Å². The number of ether oxygens (including phenoxy) is 1. The van der Waals surface area contributed by atoms with Crippen LogP contribution in [0.25, 0.3) is 20.5 Å². The van der Waals surface area contributed by atoms with Crippen LogP contribution in [0.5, 0.6) is 17.2 Å². The maximum absolute atomic E-state index is 13.6. The van der Waals surface area contributed by atoms with E-state index in [1.807, 2.05) is 24.3 Å². The number of ketones is 1. The number of nitrogens with zero attached hydrogens (tertiary/aromatic N) is 1. The number of hydrogen-bond donors (Lipinski definition) is 3. The van der Waals surface area contributed by atoms with Crippen LogP contribution in [0, 0.1) is 0 Å². The van der Waals surface area contributed by atoms with E-state index in [4.69, 9.17) is 14.6 Å². The van der Waals surface area contributed by atoms with Crippen molar-refractivity contribution >= 4 is 33.2 Å². The Labute approximate surface area is 225 Å². The van der Waals surface area contributed by atoms with Gasteiger partial charge in [-0.15, -0.1) is 11.3 Å². The first-order chi connectivity index (χ1) is 18.3. The van der Waals surface area contributed by atoms with E-state index in [0.29, 0.717) is 17.7 Å². The van der Waals surface area contributed by atoms with Crippen LogP contribution in [0.4, 0.5) is 0 Å². The zero-order valence-electron chi connectivity index (χ0n) is 21.2. The number of phenols is 2. The summed E-state index contributed by atoms with van der Waals surface area (Å²) in [5, 5.41) is 27.9. The molecule has 8 heteroatoms. The Hall–Kier alpha value is -3.88. The second-order valence-electron chi connectivity index (χ2n) is 9.16. The van der Waals surface area contributed by atoms with E-state index in [-0.39, 0.29) is 17.3 Å². The van der Waals surface area contributed by atoms with Gasteiger partial charge in [0.1, 0.15) is 23.9 Å². The van der Waals surface area contributed by atoms with Crippen molar-refractivity contribution in [3.8, 4) is 27.7 Å². The summed E-state index contributed by atoms with van der Waals surface area (Å²) in [6.45, 7) is 4.93. The lowest BCUT2D eigenvalue weighted by atomic mass is 9.97. The summed E-state index contributed by atoms with van der Waals surface area (Å²) in [6, 6.07) is 19.2. The Morgan fingerprint density at radius 3 is 2.18 bits per heavy atom. The van der Waals surface area contributed by atoms with E-state index in [0.717, 1.165) is 52.8 Å². The number of likely N-dealkylation sites (tertiary alicyclic amines) is 1. The number of rotatable bonds is 7. The van der Waals surface area contributed by atoms with Gasteiger partial charge in [0.25, 0.3) is 5.97 Å². The van der Waals surface area contributed by atoms with Gasteiger partial charge in [0.15, 0.2) is 5.78 Å². The average molecular weight is 534 g/mol. The highest BCUT2D eigenvalue weighted by atomic mass is 32.1. The Kier molecular flexibility index (Phi) is 8.99. The zero-order valence-corrected chi connectivity index (χ0v) is 22.0. The highest BCUT2D eigenvalue weighted by molar-refractivity contribution is 7.22. The fourth-order valence-corrected chi connectivity index (χ4v) is 5.69. The van der Waals surface area contributed by atoms with Gasteiger partial charge in [-0.3, -0.25) is 14.5 Å². The van der Waals surface area contributed by atoms with Crippen molar-refractivity contribution in [2.45, 2.75) is 26.2 Å². The maximum atomic E-state index is 13.6. The van der Waals surface area contributed by atoms with Crippen molar-refractivity contribution in [3.05, 3.63) is 77.9 Å². The van der Waals surface area contributed by atoms with Gasteiger partial charge in [-0.2, -0.15) is 0 Å². The molecule has 1 saturated heterocycles. The van der Waals surface area contributed by atoms with Crippen LogP contribution in [0.2, 0.25) is 0 Å².